The summed E-state index contributed by atoms with van der Waals surface area (Å²) in [5, 5.41) is 20.1. The van der Waals surface area contributed by atoms with E-state index in [-0.39, 0.29) is 24.8 Å². The van der Waals surface area contributed by atoms with Crippen LogP contribution in [0.4, 0.5) is 21.0 Å². The van der Waals surface area contributed by atoms with Crippen molar-refractivity contribution in [1.82, 2.24) is 40.4 Å². The minimum absolute atomic E-state index is 0.139. The van der Waals surface area contributed by atoms with E-state index < -0.39 is 18.2 Å². The summed E-state index contributed by atoms with van der Waals surface area (Å²) in [5.74, 6) is -0.213. The Morgan fingerprint density at radius 3 is 2.78 bits per heavy atom. The highest BCUT2D eigenvalue weighted by molar-refractivity contribution is 6.30. The third-order valence-electron chi connectivity index (χ3n) is 7.20. The van der Waals surface area contributed by atoms with Crippen LogP contribution in [0.5, 0.6) is 0 Å². The first-order valence-electron chi connectivity index (χ1n) is 14.4. The lowest BCUT2D eigenvalue weighted by Crippen LogP contribution is -2.40. The molecule has 238 valence electrons. The molecule has 1 aliphatic rings. The van der Waals surface area contributed by atoms with Crippen molar-refractivity contribution >= 4 is 53.0 Å². The summed E-state index contributed by atoms with van der Waals surface area (Å²) in [6.45, 7) is 1.86. The summed E-state index contributed by atoms with van der Waals surface area (Å²) < 4.78 is 6.15. The molecule has 0 saturated carbocycles. The van der Waals surface area contributed by atoms with Gasteiger partial charge in [0.15, 0.2) is 0 Å². The van der Waals surface area contributed by atoms with Crippen molar-refractivity contribution < 1.29 is 23.9 Å². The lowest BCUT2D eigenvalue weighted by atomic mass is 10.1. The first-order valence-corrected chi connectivity index (χ1v) is 14.8. The van der Waals surface area contributed by atoms with E-state index in [9.17, 15) is 19.2 Å². The molecule has 5 amide bonds. The minimum atomic E-state index is -0.683. The van der Waals surface area contributed by atoms with E-state index in [1.54, 1.807) is 55.6 Å². The van der Waals surface area contributed by atoms with E-state index in [0.717, 1.165) is 0 Å². The van der Waals surface area contributed by atoms with Gasteiger partial charge in [-0.15, -0.1) is 5.10 Å². The normalized spacial score (nSPS) is 15.2. The van der Waals surface area contributed by atoms with Crippen LogP contribution in [0.3, 0.4) is 0 Å². The second-order valence-corrected chi connectivity index (χ2v) is 10.7. The maximum Gasteiger partial charge on any atom is 0.411 e. The summed E-state index contributed by atoms with van der Waals surface area (Å²) in [6.07, 6.45) is 7.03. The Morgan fingerprint density at radius 2 is 2.02 bits per heavy atom. The largest absolute Gasteiger partial charge is 0.453 e. The molecule has 0 radical (unpaired) electrons. The van der Waals surface area contributed by atoms with E-state index in [4.69, 9.17) is 11.6 Å². The first-order chi connectivity index (χ1) is 22.2. The number of fused-ring (bicyclic) bond motifs is 4. The Balaban J connectivity index is 1.44. The predicted molar refractivity (Wildman–Crippen MR) is 169 cm³/mol. The standard InChI is InChI=1S/C30H31ClN10O5/c1-3-27(43)40-13-5-4-6-22(35-26(42)12-7-18-14-19(31)8-11-25(18)41-17-33-38-39-41)28-32-16-24(36-28)21-10-9-20(34-30(45)46-2)15-23(21)37-29(40)44/h7-12,14-17,22H,3-6,13H2,1-2H3,(H,32,36)(H,34,45)(H,35,42)(H,37,44)/b12-7+/t22-/m0/s1. The van der Waals surface area contributed by atoms with Crippen LogP contribution >= 0.6 is 11.6 Å². The maximum atomic E-state index is 13.3. The number of benzene rings is 2. The third-order valence-corrected chi connectivity index (χ3v) is 7.43. The number of anilines is 2. The monoisotopic (exact) mass is 646 g/mol. The number of tetrazole rings is 1. The number of carbonyl (C=O) groups excluding carboxylic acids is 4. The molecule has 0 spiro atoms. The molecule has 0 aliphatic carbocycles. The zero-order valence-electron chi connectivity index (χ0n) is 25.0. The number of imidazole rings is 1. The molecule has 4 aromatic rings. The molecule has 3 heterocycles. The van der Waals surface area contributed by atoms with Crippen LogP contribution in [0, 0.1) is 0 Å². The Bertz CT molecular complexity index is 1770. The smallest absolute Gasteiger partial charge is 0.411 e. The zero-order chi connectivity index (χ0) is 32.6. The van der Waals surface area contributed by atoms with Crippen molar-refractivity contribution in [1.29, 1.82) is 0 Å². The van der Waals surface area contributed by atoms with E-state index in [1.165, 1.54) is 29.1 Å². The van der Waals surface area contributed by atoms with Crippen LogP contribution in [0.15, 0.2) is 55.0 Å². The van der Waals surface area contributed by atoms with E-state index in [1.807, 2.05) is 0 Å². The lowest BCUT2D eigenvalue weighted by molar-refractivity contribution is -0.127. The third kappa shape index (κ3) is 7.55. The van der Waals surface area contributed by atoms with Crippen LogP contribution in [-0.4, -0.2) is 72.7 Å². The van der Waals surface area contributed by atoms with E-state index in [0.29, 0.717) is 64.0 Å². The lowest BCUT2D eigenvalue weighted by Gasteiger charge is -2.22. The summed E-state index contributed by atoms with van der Waals surface area (Å²) in [7, 11) is 1.24. The van der Waals surface area contributed by atoms with Gasteiger partial charge < -0.3 is 20.4 Å². The molecule has 1 aliphatic heterocycles. The number of amides is 5. The zero-order valence-corrected chi connectivity index (χ0v) is 25.7. The fraction of sp³-hybridized carbons (Fsp3) is 0.267. The average Bonchev–Trinajstić information content (AvgIpc) is 3.76. The quantitative estimate of drug-likeness (QED) is 0.215. The highest BCUT2D eigenvalue weighted by Crippen LogP contribution is 2.32. The highest BCUT2D eigenvalue weighted by atomic mass is 35.5. The maximum absolute atomic E-state index is 13.3. The summed E-state index contributed by atoms with van der Waals surface area (Å²) in [4.78, 5) is 60.1. The molecule has 4 N–H and O–H groups in total. The minimum Gasteiger partial charge on any atom is -0.453 e. The topological polar surface area (TPSA) is 189 Å². The number of methoxy groups -OCH3 is 1. The molecule has 0 fully saturated rings. The number of urea groups is 1. The van der Waals surface area contributed by atoms with Gasteiger partial charge in [-0.2, -0.15) is 4.68 Å². The molecule has 0 unspecified atom stereocenters. The van der Waals surface area contributed by atoms with E-state index in [2.05, 4.69) is 46.2 Å². The van der Waals surface area contributed by atoms with Gasteiger partial charge in [0.05, 0.1) is 36.4 Å². The number of aromatic nitrogens is 6. The van der Waals surface area contributed by atoms with Gasteiger partial charge in [-0.1, -0.05) is 18.5 Å². The molecule has 2 aromatic heterocycles. The van der Waals surface area contributed by atoms with Crippen molar-refractivity contribution in [2.24, 2.45) is 0 Å². The van der Waals surface area contributed by atoms with Gasteiger partial charge >= 0.3 is 12.1 Å². The summed E-state index contributed by atoms with van der Waals surface area (Å²) in [5.41, 5.74) is 3.04. The number of carbonyl (C=O) groups is 4. The molecule has 2 aromatic carbocycles. The van der Waals surface area contributed by atoms with E-state index >= 15 is 0 Å². The second-order valence-electron chi connectivity index (χ2n) is 10.2. The van der Waals surface area contributed by atoms with Gasteiger partial charge in [-0.3, -0.25) is 19.8 Å². The number of ether oxygens (including phenoxy) is 1. The van der Waals surface area contributed by atoms with Gasteiger partial charge in [0.25, 0.3) is 0 Å². The Labute approximate surface area is 268 Å². The number of hydrogen-bond acceptors (Lipinski definition) is 9. The molecule has 2 bridgehead atoms. The van der Waals surface area contributed by atoms with Gasteiger partial charge in [0.1, 0.15) is 12.2 Å². The Morgan fingerprint density at radius 1 is 1.17 bits per heavy atom. The highest BCUT2D eigenvalue weighted by Gasteiger charge is 2.24. The number of aromatic amines is 1. The number of H-pyrrole nitrogens is 1. The summed E-state index contributed by atoms with van der Waals surface area (Å²) >= 11 is 6.21. The molecular formula is C30H31ClN10O5. The molecule has 15 nitrogen and oxygen atoms in total. The first kappa shape index (κ1) is 31.8. The van der Waals surface area contributed by atoms with Crippen LogP contribution in [0.25, 0.3) is 23.0 Å². The molecule has 16 heteroatoms. The van der Waals surface area contributed by atoms with Gasteiger partial charge in [-0.05, 0) is 72.2 Å². The average molecular weight is 647 g/mol. The molecule has 5 rings (SSSR count). The number of nitrogens with one attached hydrogen (secondary N) is 4. The molecule has 1 atom stereocenters. The Hall–Kier alpha value is -5.57. The molecule has 0 saturated heterocycles. The van der Waals surface area contributed by atoms with Crippen molar-refractivity contribution in [2.45, 2.75) is 38.6 Å². The summed E-state index contributed by atoms with van der Waals surface area (Å²) in [6, 6.07) is 8.91. The van der Waals surface area contributed by atoms with Crippen LogP contribution in [0.2, 0.25) is 5.02 Å². The van der Waals surface area contributed by atoms with Gasteiger partial charge in [0.2, 0.25) is 11.8 Å². The molecular weight excluding hydrogens is 616 g/mol. The van der Waals surface area contributed by atoms with Gasteiger partial charge in [-0.25, -0.2) is 14.6 Å². The number of hydrogen-bond donors (Lipinski definition) is 4. The van der Waals surface area contributed by atoms with Crippen LogP contribution in [0.1, 0.15) is 50.0 Å². The molecule has 46 heavy (non-hydrogen) atoms. The number of rotatable bonds is 6. The fourth-order valence-electron chi connectivity index (χ4n) is 4.91. The number of nitrogens with zero attached hydrogens (tertiary/aromatic N) is 6. The van der Waals surface area contributed by atoms with Crippen molar-refractivity contribution in [3.8, 4) is 16.9 Å². The van der Waals surface area contributed by atoms with Crippen LogP contribution in [-0.2, 0) is 14.3 Å². The second kappa shape index (κ2) is 14.5. The van der Waals surface area contributed by atoms with Crippen molar-refractivity contribution in [3.05, 3.63) is 71.4 Å². The van der Waals surface area contributed by atoms with Gasteiger partial charge in [0, 0.05) is 40.9 Å². The predicted octanol–water partition coefficient (Wildman–Crippen LogP) is 4.71. The number of halogens is 1. The SMILES string of the molecule is CCC(=O)N1CCCC[C@H](NC(=O)/C=C/c2cc(Cl)ccc2-n2cnnn2)c2ncc([nH]2)-c2ccc(NC(=O)OC)cc2NC1=O. The van der Waals surface area contributed by atoms with Crippen molar-refractivity contribution in [3.63, 3.8) is 0 Å². The Kier molecular flexibility index (Phi) is 10.0. The number of imide groups is 1. The van der Waals surface area contributed by atoms with Crippen LogP contribution < -0.4 is 16.0 Å². The van der Waals surface area contributed by atoms with Crippen molar-refractivity contribution in [2.75, 3.05) is 24.3 Å². The fourth-order valence-corrected chi connectivity index (χ4v) is 5.09.